The van der Waals surface area contributed by atoms with Gasteiger partial charge in [-0.1, -0.05) is 6.92 Å². The molecule has 2 atom stereocenters. The van der Waals surface area contributed by atoms with E-state index in [2.05, 4.69) is 12.2 Å². The maximum atomic E-state index is 12.0. The van der Waals surface area contributed by atoms with Crippen LogP contribution in [0.5, 0.6) is 0 Å². The maximum Gasteiger partial charge on any atom is 0.326 e. The number of hydrogen-bond donors (Lipinski definition) is 2. The number of piperidine rings is 1. The lowest BCUT2D eigenvalue weighted by atomic mass is 10.0. The van der Waals surface area contributed by atoms with Gasteiger partial charge in [-0.05, 0) is 31.9 Å². The molecule has 0 aromatic carbocycles. The Morgan fingerprint density at radius 1 is 1.50 bits per heavy atom. The van der Waals surface area contributed by atoms with Crippen molar-refractivity contribution in [2.24, 2.45) is 0 Å². The molecule has 0 aliphatic carbocycles. The minimum atomic E-state index is -0.902. The van der Waals surface area contributed by atoms with Gasteiger partial charge in [0.15, 0.2) is 0 Å². The minimum absolute atomic E-state index is 0.0684. The second-order valence-electron chi connectivity index (χ2n) is 4.55. The van der Waals surface area contributed by atoms with E-state index in [-0.39, 0.29) is 12.1 Å². The van der Waals surface area contributed by atoms with Gasteiger partial charge in [0, 0.05) is 18.3 Å². The summed E-state index contributed by atoms with van der Waals surface area (Å²) in [5.74, 6) is 0.968. The van der Waals surface area contributed by atoms with E-state index in [0.29, 0.717) is 13.0 Å². The number of aliphatic carboxylic acids is 1. The molecular weight excluding hydrogens is 252 g/mol. The highest BCUT2D eigenvalue weighted by Gasteiger charge is 2.32. The van der Waals surface area contributed by atoms with Gasteiger partial charge in [0.25, 0.3) is 0 Å². The number of nitrogens with one attached hydrogen (secondary N) is 1. The molecule has 1 aliphatic rings. The number of carboxylic acid groups (broad SMARTS) is 1. The summed E-state index contributed by atoms with van der Waals surface area (Å²) in [5, 5.41) is 12.0. The maximum absolute atomic E-state index is 12.0. The molecule has 0 spiro atoms. The van der Waals surface area contributed by atoms with Crippen LogP contribution in [0.4, 0.5) is 4.79 Å². The molecule has 2 unspecified atom stereocenters. The van der Waals surface area contributed by atoms with E-state index in [1.54, 1.807) is 11.8 Å². The van der Waals surface area contributed by atoms with Gasteiger partial charge in [-0.3, -0.25) is 0 Å². The third-order valence-corrected chi connectivity index (χ3v) is 4.13. The number of carboxylic acids is 1. The summed E-state index contributed by atoms with van der Waals surface area (Å²) >= 11 is 1.76. The van der Waals surface area contributed by atoms with E-state index in [4.69, 9.17) is 5.11 Å². The Kier molecular flexibility index (Phi) is 6.32. The Bertz CT molecular complexity index is 299. The quantitative estimate of drug-likeness (QED) is 0.801. The summed E-state index contributed by atoms with van der Waals surface area (Å²) in [7, 11) is 0. The molecule has 5 nitrogen and oxygen atoms in total. The molecule has 1 heterocycles. The van der Waals surface area contributed by atoms with Gasteiger partial charge in [-0.2, -0.15) is 11.8 Å². The lowest BCUT2D eigenvalue weighted by Crippen LogP contribution is -2.53. The second kappa shape index (κ2) is 7.51. The summed E-state index contributed by atoms with van der Waals surface area (Å²) in [4.78, 5) is 24.6. The lowest BCUT2D eigenvalue weighted by Gasteiger charge is -2.33. The average molecular weight is 274 g/mol. The van der Waals surface area contributed by atoms with Crippen molar-refractivity contribution in [1.82, 2.24) is 10.2 Å². The molecule has 1 saturated heterocycles. The number of likely N-dealkylation sites (tertiary alicyclic amines) is 1. The fraction of sp³-hybridized carbons (Fsp3) is 0.833. The molecule has 0 bridgehead atoms. The first kappa shape index (κ1) is 15.1. The first-order valence-corrected chi connectivity index (χ1v) is 7.59. The largest absolute Gasteiger partial charge is 0.480 e. The van der Waals surface area contributed by atoms with Crippen LogP contribution in [0.25, 0.3) is 0 Å². The number of amides is 2. The normalized spacial score (nSPS) is 21.4. The van der Waals surface area contributed by atoms with Gasteiger partial charge < -0.3 is 15.3 Å². The predicted molar refractivity (Wildman–Crippen MR) is 73.0 cm³/mol. The monoisotopic (exact) mass is 274 g/mol. The predicted octanol–water partition coefficient (Wildman–Crippen LogP) is 1.78. The molecule has 1 aliphatic heterocycles. The van der Waals surface area contributed by atoms with Crippen LogP contribution in [0, 0.1) is 0 Å². The van der Waals surface area contributed by atoms with Crippen LogP contribution in [0.3, 0.4) is 0 Å². The van der Waals surface area contributed by atoms with Gasteiger partial charge in [0.1, 0.15) is 6.04 Å². The minimum Gasteiger partial charge on any atom is -0.480 e. The van der Waals surface area contributed by atoms with Crippen molar-refractivity contribution >= 4 is 23.8 Å². The van der Waals surface area contributed by atoms with Crippen LogP contribution < -0.4 is 5.32 Å². The average Bonchev–Trinajstić information content (AvgIpc) is 2.36. The van der Waals surface area contributed by atoms with E-state index in [1.807, 2.05) is 6.92 Å². The van der Waals surface area contributed by atoms with Gasteiger partial charge >= 0.3 is 12.0 Å². The third-order valence-electron chi connectivity index (χ3n) is 2.99. The second-order valence-corrected chi connectivity index (χ2v) is 5.87. The highest BCUT2D eigenvalue weighted by molar-refractivity contribution is 7.99. The molecule has 2 N–H and O–H groups in total. The van der Waals surface area contributed by atoms with Crippen LogP contribution in [-0.4, -0.2) is 52.1 Å². The molecule has 0 aromatic heterocycles. The van der Waals surface area contributed by atoms with Crippen LogP contribution in [0.15, 0.2) is 0 Å². The van der Waals surface area contributed by atoms with Crippen LogP contribution >= 0.6 is 11.8 Å². The van der Waals surface area contributed by atoms with Crippen LogP contribution in [0.2, 0.25) is 0 Å². The summed E-state index contributed by atoms with van der Waals surface area (Å²) in [6.07, 6.45) is 2.32. The van der Waals surface area contributed by atoms with Crippen LogP contribution in [0.1, 0.15) is 33.1 Å². The van der Waals surface area contributed by atoms with Gasteiger partial charge in [-0.25, -0.2) is 9.59 Å². The molecule has 6 heteroatoms. The molecule has 2 amide bonds. The van der Waals surface area contributed by atoms with E-state index in [1.165, 1.54) is 4.90 Å². The number of carbonyl (C=O) groups is 2. The molecule has 1 fully saturated rings. The lowest BCUT2D eigenvalue weighted by molar-refractivity contribution is -0.143. The number of hydrogen-bond acceptors (Lipinski definition) is 3. The van der Waals surface area contributed by atoms with Gasteiger partial charge in [0.05, 0.1) is 0 Å². The molecule has 1 rings (SSSR count). The van der Waals surface area contributed by atoms with Crippen molar-refractivity contribution in [2.45, 2.75) is 45.2 Å². The zero-order valence-electron chi connectivity index (χ0n) is 11.0. The van der Waals surface area contributed by atoms with Gasteiger partial charge in [0.2, 0.25) is 0 Å². The highest BCUT2D eigenvalue weighted by Crippen LogP contribution is 2.17. The van der Waals surface area contributed by atoms with E-state index in [9.17, 15) is 9.59 Å². The number of nitrogens with zero attached hydrogens (tertiary/aromatic N) is 1. The summed E-state index contributed by atoms with van der Waals surface area (Å²) in [6, 6.07) is -0.838. The Balaban J connectivity index is 2.50. The van der Waals surface area contributed by atoms with Gasteiger partial charge in [-0.15, -0.1) is 0 Å². The standard InChI is InChI=1S/C12H22N2O3S/c1-3-18-8-9(2)13-12(17)14-7-5-4-6-10(14)11(15)16/h9-10H,3-8H2,1-2H3,(H,13,17)(H,15,16). The Hall–Kier alpha value is -0.910. The first-order valence-electron chi connectivity index (χ1n) is 6.44. The zero-order valence-corrected chi connectivity index (χ0v) is 11.8. The van der Waals surface area contributed by atoms with Crippen LogP contribution in [-0.2, 0) is 4.79 Å². The third kappa shape index (κ3) is 4.40. The Morgan fingerprint density at radius 2 is 2.22 bits per heavy atom. The van der Waals surface area contributed by atoms with Crippen molar-refractivity contribution in [1.29, 1.82) is 0 Å². The number of rotatable bonds is 5. The van der Waals surface area contributed by atoms with E-state index in [0.717, 1.165) is 24.3 Å². The van der Waals surface area contributed by atoms with Crippen molar-refractivity contribution < 1.29 is 14.7 Å². The molecular formula is C12H22N2O3S. The van der Waals surface area contributed by atoms with E-state index < -0.39 is 12.0 Å². The SMILES string of the molecule is CCSCC(C)NC(=O)N1CCCCC1C(=O)O. The van der Waals surface area contributed by atoms with E-state index >= 15 is 0 Å². The first-order chi connectivity index (χ1) is 8.56. The summed E-state index contributed by atoms with van der Waals surface area (Å²) in [6.45, 7) is 4.56. The highest BCUT2D eigenvalue weighted by atomic mass is 32.2. The van der Waals surface area contributed by atoms with Crippen molar-refractivity contribution in [2.75, 3.05) is 18.1 Å². The summed E-state index contributed by atoms with van der Waals surface area (Å²) in [5.41, 5.74) is 0. The Labute approximate surface area is 112 Å². The molecule has 18 heavy (non-hydrogen) atoms. The topological polar surface area (TPSA) is 69.6 Å². The molecule has 0 radical (unpaired) electrons. The molecule has 104 valence electrons. The van der Waals surface area contributed by atoms with Crippen molar-refractivity contribution in [3.63, 3.8) is 0 Å². The summed E-state index contributed by atoms with van der Waals surface area (Å²) < 4.78 is 0. The van der Waals surface area contributed by atoms with Crippen molar-refractivity contribution in [3.05, 3.63) is 0 Å². The fourth-order valence-electron chi connectivity index (χ4n) is 2.06. The molecule has 0 aromatic rings. The fourth-order valence-corrected chi connectivity index (χ4v) is 2.73. The smallest absolute Gasteiger partial charge is 0.326 e. The van der Waals surface area contributed by atoms with Crippen molar-refractivity contribution in [3.8, 4) is 0 Å². The number of thioether (sulfide) groups is 1. The number of urea groups is 1. The zero-order chi connectivity index (χ0) is 13.5. The number of carbonyl (C=O) groups excluding carboxylic acids is 1. The molecule has 0 saturated carbocycles. The Morgan fingerprint density at radius 3 is 2.83 bits per heavy atom.